The number of hydrogen-bond donors (Lipinski definition) is 0. The zero-order chi connectivity index (χ0) is 11.0. The van der Waals surface area contributed by atoms with Gasteiger partial charge in [-0.2, -0.15) is 0 Å². The maximum atomic E-state index is 2.32. The van der Waals surface area contributed by atoms with Crippen molar-refractivity contribution in [2.75, 3.05) is 34.2 Å². The van der Waals surface area contributed by atoms with Gasteiger partial charge >= 0.3 is 0 Å². The lowest BCUT2D eigenvalue weighted by Gasteiger charge is -2.23. The van der Waals surface area contributed by atoms with E-state index in [0.29, 0.717) is 0 Å². The third-order valence-corrected chi connectivity index (χ3v) is 2.22. The molecule has 0 spiro atoms. The molecule has 0 amide bonds. The fourth-order valence-electron chi connectivity index (χ4n) is 1.22. The Labute approximate surface area is 88.9 Å². The van der Waals surface area contributed by atoms with Crippen LogP contribution in [0.15, 0.2) is 23.9 Å². The van der Waals surface area contributed by atoms with Gasteiger partial charge in [0.15, 0.2) is 0 Å². The first kappa shape index (κ1) is 13.2. The quantitative estimate of drug-likeness (QED) is 0.602. The molecule has 0 aromatic rings. The third kappa shape index (κ3) is 5.81. The van der Waals surface area contributed by atoms with E-state index in [0.717, 1.165) is 19.5 Å². The lowest BCUT2D eigenvalue weighted by atomic mass is 10.2. The molecule has 0 radical (unpaired) electrons. The third-order valence-electron chi connectivity index (χ3n) is 2.22. The first-order valence-electron chi connectivity index (χ1n) is 5.29. The van der Waals surface area contributed by atoms with Crippen molar-refractivity contribution in [3.63, 3.8) is 0 Å². The van der Waals surface area contributed by atoms with Crippen LogP contribution in [0.2, 0.25) is 0 Å². The molecule has 0 saturated heterocycles. The van der Waals surface area contributed by atoms with Crippen LogP contribution in [-0.4, -0.2) is 44.0 Å². The summed E-state index contributed by atoms with van der Waals surface area (Å²) in [6.45, 7) is 6.43. The average molecular weight is 196 g/mol. The van der Waals surface area contributed by atoms with Crippen molar-refractivity contribution in [3.8, 4) is 0 Å². The number of nitrogens with zero attached hydrogens (tertiary/aromatic N) is 2. The lowest BCUT2D eigenvalue weighted by molar-refractivity contribution is 0.321. The second-order valence-corrected chi connectivity index (χ2v) is 3.76. The Bertz CT molecular complexity index is 192. The zero-order valence-electron chi connectivity index (χ0n) is 10.2. The minimum absolute atomic E-state index is 1.09. The van der Waals surface area contributed by atoms with E-state index in [1.807, 2.05) is 6.92 Å². The smallest absolute Gasteiger partial charge is 0.0299 e. The SMILES string of the molecule is C/C=C\C=C(/CC)N(C)CCN(C)C. The summed E-state index contributed by atoms with van der Waals surface area (Å²) in [5.74, 6) is 0. The maximum Gasteiger partial charge on any atom is 0.0299 e. The van der Waals surface area contributed by atoms with Crippen molar-refractivity contribution in [2.45, 2.75) is 20.3 Å². The molecule has 0 atom stereocenters. The molecule has 82 valence electrons. The molecule has 0 rings (SSSR count). The minimum Gasteiger partial charge on any atom is -0.377 e. The lowest BCUT2D eigenvalue weighted by Crippen LogP contribution is -2.28. The molecule has 0 unspecified atom stereocenters. The van der Waals surface area contributed by atoms with Crippen LogP contribution in [0.3, 0.4) is 0 Å². The van der Waals surface area contributed by atoms with Gasteiger partial charge in [0, 0.05) is 25.8 Å². The van der Waals surface area contributed by atoms with E-state index >= 15 is 0 Å². The summed E-state index contributed by atoms with van der Waals surface area (Å²) in [5.41, 5.74) is 1.39. The monoisotopic (exact) mass is 196 g/mol. The summed E-state index contributed by atoms with van der Waals surface area (Å²) < 4.78 is 0. The summed E-state index contributed by atoms with van der Waals surface area (Å²) in [7, 11) is 6.37. The largest absolute Gasteiger partial charge is 0.377 e. The topological polar surface area (TPSA) is 6.48 Å². The Morgan fingerprint density at radius 3 is 2.21 bits per heavy atom. The molecule has 2 heteroatoms. The molecule has 0 aliphatic carbocycles. The number of allylic oxidation sites excluding steroid dienone is 4. The van der Waals surface area contributed by atoms with Crippen molar-refractivity contribution < 1.29 is 0 Å². The van der Waals surface area contributed by atoms with Gasteiger partial charge < -0.3 is 9.80 Å². The molecule has 0 aliphatic heterocycles. The first-order valence-corrected chi connectivity index (χ1v) is 5.29. The van der Waals surface area contributed by atoms with E-state index < -0.39 is 0 Å². The van der Waals surface area contributed by atoms with E-state index in [1.165, 1.54) is 5.70 Å². The minimum atomic E-state index is 1.09. The highest BCUT2D eigenvalue weighted by molar-refractivity contribution is 5.10. The fraction of sp³-hybridized carbons (Fsp3) is 0.667. The van der Waals surface area contributed by atoms with E-state index in [4.69, 9.17) is 0 Å². The highest BCUT2D eigenvalue weighted by Gasteiger charge is 2.01. The Hall–Kier alpha value is -0.760. The molecule has 0 fully saturated rings. The second kappa shape index (κ2) is 7.63. The average Bonchev–Trinajstić information content (AvgIpc) is 2.16. The van der Waals surface area contributed by atoms with Crippen LogP contribution in [0.25, 0.3) is 0 Å². The first-order chi connectivity index (χ1) is 6.61. The van der Waals surface area contributed by atoms with Crippen LogP contribution in [0, 0.1) is 0 Å². The summed E-state index contributed by atoms with van der Waals surface area (Å²) in [4.78, 5) is 4.53. The van der Waals surface area contributed by atoms with Gasteiger partial charge in [0.1, 0.15) is 0 Å². The van der Waals surface area contributed by atoms with Crippen LogP contribution in [0.1, 0.15) is 20.3 Å². The molecule has 0 aliphatic rings. The van der Waals surface area contributed by atoms with Gasteiger partial charge in [-0.3, -0.25) is 0 Å². The number of rotatable bonds is 6. The van der Waals surface area contributed by atoms with Crippen molar-refractivity contribution in [1.29, 1.82) is 0 Å². The van der Waals surface area contributed by atoms with E-state index in [-0.39, 0.29) is 0 Å². The van der Waals surface area contributed by atoms with Gasteiger partial charge in [-0.1, -0.05) is 19.1 Å². The Morgan fingerprint density at radius 1 is 1.14 bits per heavy atom. The standard InChI is InChI=1S/C12H24N2/c1-6-8-9-12(7-2)14(5)11-10-13(3)4/h6,8-9H,7,10-11H2,1-5H3/b8-6-,12-9+. The van der Waals surface area contributed by atoms with E-state index in [2.05, 4.69) is 56.1 Å². The van der Waals surface area contributed by atoms with Crippen molar-refractivity contribution >= 4 is 0 Å². The molecule has 2 nitrogen and oxygen atoms in total. The fourth-order valence-corrected chi connectivity index (χ4v) is 1.22. The van der Waals surface area contributed by atoms with Gasteiger partial charge in [0.05, 0.1) is 0 Å². The van der Waals surface area contributed by atoms with Crippen LogP contribution in [0.4, 0.5) is 0 Å². The summed E-state index contributed by atoms with van der Waals surface area (Å²) in [6, 6.07) is 0. The summed E-state index contributed by atoms with van der Waals surface area (Å²) in [5, 5.41) is 0. The van der Waals surface area contributed by atoms with Crippen molar-refractivity contribution in [2.24, 2.45) is 0 Å². The Balaban J connectivity index is 4.10. The zero-order valence-corrected chi connectivity index (χ0v) is 10.2. The molecular weight excluding hydrogens is 172 g/mol. The predicted octanol–water partition coefficient (Wildman–Crippen LogP) is 2.35. The number of hydrogen-bond acceptors (Lipinski definition) is 2. The highest BCUT2D eigenvalue weighted by atomic mass is 15.2. The van der Waals surface area contributed by atoms with Gasteiger partial charge in [0.25, 0.3) is 0 Å². The molecular formula is C12H24N2. The maximum absolute atomic E-state index is 2.32. The van der Waals surface area contributed by atoms with Gasteiger partial charge in [-0.25, -0.2) is 0 Å². The van der Waals surface area contributed by atoms with Gasteiger partial charge in [-0.15, -0.1) is 0 Å². The summed E-state index contributed by atoms with van der Waals surface area (Å²) in [6.07, 6.45) is 7.45. The molecule has 0 aromatic heterocycles. The molecule has 0 heterocycles. The summed E-state index contributed by atoms with van der Waals surface area (Å²) >= 11 is 0. The number of likely N-dealkylation sites (N-methyl/N-ethyl adjacent to an activating group) is 2. The van der Waals surface area contributed by atoms with Crippen LogP contribution in [-0.2, 0) is 0 Å². The highest BCUT2D eigenvalue weighted by Crippen LogP contribution is 2.06. The predicted molar refractivity (Wildman–Crippen MR) is 64.4 cm³/mol. The molecule has 0 bridgehead atoms. The van der Waals surface area contributed by atoms with Crippen LogP contribution >= 0.6 is 0 Å². The van der Waals surface area contributed by atoms with Crippen molar-refractivity contribution in [3.05, 3.63) is 23.9 Å². The van der Waals surface area contributed by atoms with Crippen molar-refractivity contribution in [1.82, 2.24) is 9.80 Å². The van der Waals surface area contributed by atoms with Crippen LogP contribution in [0.5, 0.6) is 0 Å². The van der Waals surface area contributed by atoms with E-state index in [9.17, 15) is 0 Å². The van der Waals surface area contributed by atoms with Crippen LogP contribution < -0.4 is 0 Å². The molecule has 14 heavy (non-hydrogen) atoms. The molecule has 0 N–H and O–H groups in total. The normalized spacial score (nSPS) is 12.9. The van der Waals surface area contributed by atoms with Gasteiger partial charge in [-0.05, 0) is 33.5 Å². The van der Waals surface area contributed by atoms with E-state index in [1.54, 1.807) is 0 Å². The molecule has 0 aromatic carbocycles. The molecule has 0 saturated carbocycles. The second-order valence-electron chi connectivity index (χ2n) is 3.76. The Morgan fingerprint density at radius 2 is 1.79 bits per heavy atom. The Kier molecular flexibility index (Phi) is 7.21. The van der Waals surface area contributed by atoms with Gasteiger partial charge in [0.2, 0.25) is 0 Å².